The van der Waals surface area contributed by atoms with Crippen LogP contribution in [0.25, 0.3) is 0 Å². The van der Waals surface area contributed by atoms with Gasteiger partial charge >= 0.3 is 0 Å². The third kappa shape index (κ3) is 6.36. The van der Waals surface area contributed by atoms with E-state index < -0.39 is 0 Å². The lowest BCUT2D eigenvalue weighted by Gasteiger charge is -2.20. The minimum atomic E-state index is -0.124. The number of hydrogen-bond donors (Lipinski definition) is 1. The van der Waals surface area contributed by atoms with Crippen LogP contribution in [0.3, 0.4) is 0 Å². The largest absolute Gasteiger partial charge is 0.384 e. The zero-order valence-electron chi connectivity index (χ0n) is 11.8. The van der Waals surface area contributed by atoms with Gasteiger partial charge in [0.05, 0.1) is 12.7 Å². The standard InChI is InChI=1S/C16H20N2O2/c1-20-13-11-18(10-3-9-17)14-16-7-5-15(6-8-16)4-2-12-19/h5-8,19H,3,10-14H2,1H3. The van der Waals surface area contributed by atoms with E-state index in [9.17, 15) is 0 Å². The molecule has 1 aromatic rings. The number of methoxy groups -OCH3 is 1. The van der Waals surface area contributed by atoms with Crippen LogP contribution in [0.5, 0.6) is 0 Å². The van der Waals surface area contributed by atoms with Gasteiger partial charge in [-0.05, 0) is 17.7 Å². The van der Waals surface area contributed by atoms with Gasteiger partial charge in [-0.15, -0.1) is 0 Å². The highest BCUT2D eigenvalue weighted by Crippen LogP contribution is 2.07. The van der Waals surface area contributed by atoms with E-state index >= 15 is 0 Å². The maximum absolute atomic E-state index is 8.68. The second-order valence-electron chi connectivity index (χ2n) is 4.33. The van der Waals surface area contributed by atoms with Crippen molar-refractivity contribution in [3.05, 3.63) is 35.4 Å². The molecule has 0 radical (unpaired) electrons. The topological polar surface area (TPSA) is 56.5 Å². The molecule has 106 valence electrons. The molecule has 0 heterocycles. The maximum Gasteiger partial charge on any atom is 0.104 e. The van der Waals surface area contributed by atoms with Gasteiger partial charge in [-0.3, -0.25) is 4.90 Å². The molecule has 0 amide bonds. The van der Waals surface area contributed by atoms with Crippen molar-refractivity contribution < 1.29 is 9.84 Å². The van der Waals surface area contributed by atoms with Crippen molar-refractivity contribution >= 4 is 0 Å². The third-order valence-corrected chi connectivity index (χ3v) is 2.82. The van der Waals surface area contributed by atoms with E-state index in [0.717, 1.165) is 25.2 Å². The van der Waals surface area contributed by atoms with Crippen molar-refractivity contribution in [2.45, 2.75) is 13.0 Å². The van der Waals surface area contributed by atoms with Gasteiger partial charge in [0.25, 0.3) is 0 Å². The van der Waals surface area contributed by atoms with E-state index in [0.29, 0.717) is 13.0 Å². The summed E-state index contributed by atoms with van der Waals surface area (Å²) in [4.78, 5) is 2.20. The highest BCUT2D eigenvalue weighted by molar-refractivity contribution is 5.36. The van der Waals surface area contributed by atoms with Crippen molar-refractivity contribution in [2.75, 3.05) is 33.4 Å². The second kappa shape index (κ2) is 10.00. The average molecular weight is 272 g/mol. The van der Waals surface area contributed by atoms with Crippen LogP contribution in [-0.2, 0) is 11.3 Å². The molecule has 0 aliphatic heterocycles. The molecule has 0 saturated carbocycles. The number of hydrogen-bond acceptors (Lipinski definition) is 4. The van der Waals surface area contributed by atoms with Gasteiger partial charge < -0.3 is 9.84 Å². The fourth-order valence-electron chi connectivity index (χ4n) is 1.79. The number of nitriles is 1. The maximum atomic E-state index is 8.68. The molecule has 0 aromatic heterocycles. The molecule has 4 nitrogen and oxygen atoms in total. The van der Waals surface area contributed by atoms with Gasteiger partial charge in [0.15, 0.2) is 0 Å². The summed E-state index contributed by atoms with van der Waals surface area (Å²) in [5, 5.41) is 17.3. The molecule has 0 bridgehead atoms. The van der Waals surface area contributed by atoms with Gasteiger partial charge in [0.2, 0.25) is 0 Å². The minimum Gasteiger partial charge on any atom is -0.384 e. The Balaban J connectivity index is 2.60. The Morgan fingerprint density at radius 2 is 2.00 bits per heavy atom. The van der Waals surface area contributed by atoms with Gasteiger partial charge in [0, 0.05) is 38.7 Å². The van der Waals surface area contributed by atoms with Crippen LogP contribution in [0, 0.1) is 23.2 Å². The Morgan fingerprint density at radius 3 is 2.60 bits per heavy atom. The first kappa shape index (κ1) is 16.2. The Labute approximate surface area is 120 Å². The van der Waals surface area contributed by atoms with Crippen LogP contribution >= 0.6 is 0 Å². The highest BCUT2D eigenvalue weighted by Gasteiger charge is 2.05. The summed E-state index contributed by atoms with van der Waals surface area (Å²) in [6.07, 6.45) is 0.518. The van der Waals surface area contributed by atoms with Crippen LogP contribution < -0.4 is 0 Å². The van der Waals surface area contributed by atoms with E-state index in [1.165, 1.54) is 5.56 Å². The van der Waals surface area contributed by atoms with Gasteiger partial charge in [-0.25, -0.2) is 0 Å². The lowest BCUT2D eigenvalue weighted by Crippen LogP contribution is -2.27. The Kier molecular flexibility index (Phi) is 8.10. The van der Waals surface area contributed by atoms with Gasteiger partial charge in [-0.2, -0.15) is 5.26 Å². The fraction of sp³-hybridized carbons (Fsp3) is 0.438. The number of ether oxygens (including phenoxy) is 1. The summed E-state index contributed by atoms with van der Waals surface area (Å²) >= 11 is 0. The van der Waals surface area contributed by atoms with Gasteiger partial charge in [-0.1, -0.05) is 24.0 Å². The van der Waals surface area contributed by atoms with Crippen LogP contribution in [0.15, 0.2) is 24.3 Å². The summed E-state index contributed by atoms with van der Waals surface area (Å²) in [5.74, 6) is 5.49. The molecule has 1 N–H and O–H groups in total. The summed E-state index contributed by atoms with van der Waals surface area (Å²) in [6.45, 7) is 2.88. The summed E-state index contributed by atoms with van der Waals surface area (Å²) in [6, 6.07) is 10.1. The number of aliphatic hydroxyl groups excluding tert-OH is 1. The zero-order chi connectivity index (χ0) is 14.6. The fourth-order valence-corrected chi connectivity index (χ4v) is 1.79. The van der Waals surface area contributed by atoms with E-state index in [2.05, 4.69) is 22.8 Å². The van der Waals surface area contributed by atoms with Crippen LogP contribution in [-0.4, -0.2) is 43.4 Å². The predicted molar refractivity (Wildman–Crippen MR) is 77.8 cm³/mol. The molecule has 0 atom stereocenters. The van der Waals surface area contributed by atoms with Crippen molar-refractivity contribution in [1.29, 1.82) is 5.26 Å². The van der Waals surface area contributed by atoms with E-state index in [1.54, 1.807) is 7.11 Å². The van der Waals surface area contributed by atoms with Crippen molar-refractivity contribution in [2.24, 2.45) is 0 Å². The average Bonchev–Trinajstić information content (AvgIpc) is 2.49. The zero-order valence-corrected chi connectivity index (χ0v) is 11.8. The number of rotatable bonds is 7. The van der Waals surface area contributed by atoms with Gasteiger partial charge in [0.1, 0.15) is 6.61 Å². The van der Waals surface area contributed by atoms with Crippen molar-refractivity contribution in [1.82, 2.24) is 4.90 Å². The molecular weight excluding hydrogens is 252 g/mol. The summed E-state index contributed by atoms with van der Waals surface area (Å²) < 4.78 is 5.09. The first-order valence-electron chi connectivity index (χ1n) is 6.57. The molecule has 4 heteroatoms. The molecule has 0 aliphatic rings. The first-order chi connectivity index (χ1) is 9.80. The SMILES string of the molecule is COCCN(CCC#N)Cc1ccc(C#CCO)cc1. The number of benzene rings is 1. The monoisotopic (exact) mass is 272 g/mol. The first-order valence-corrected chi connectivity index (χ1v) is 6.57. The Morgan fingerprint density at radius 1 is 1.25 bits per heavy atom. The number of aliphatic hydroxyl groups is 1. The molecule has 0 fully saturated rings. The molecule has 1 aromatic carbocycles. The van der Waals surface area contributed by atoms with Crippen molar-refractivity contribution in [3.63, 3.8) is 0 Å². The molecule has 0 saturated heterocycles. The van der Waals surface area contributed by atoms with E-state index in [4.69, 9.17) is 15.1 Å². The highest BCUT2D eigenvalue weighted by atomic mass is 16.5. The van der Waals surface area contributed by atoms with E-state index in [1.807, 2.05) is 24.3 Å². The molecular formula is C16H20N2O2. The minimum absolute atomic E-state index is 0.124. The molecule has 20 heavy (non-hydrogen) atoms. The van der Waals surface area contributed by atoms with Crippen LogP contribution in [0.1, 0.15) is 17.5 Å². The molecule has 1 rings (SSSR count). The van der Waals surface area contributed by atoms with Crippen molar-refractivity contribution in [3.8, 4) is 17.9 Å². The summed E-state index contributed by atoms with van der Waals surface area (Å²) in [7, 11) is 1.68. The molecule has 0 spiro atoms. The smallest absolute Gasteiger partial charge is 0.104 e. The lowest BCUT2D eigenvalue weighted by atomic mass is 10.1. The number of nitrogens with zero attached hydrogens (tertiary/aromatic N) is 2. The second-order valence-corrected chi connectivity index (χ2v) is 4.33. The normalized spacial score (nSPS) is 9.90. The quantitative estimate of drug-likeness (QED) is 0.762. The molecule has 0 aliphatic carbocycles. The predicted octanol–water partition coefficient (Wildman–Crippen LogP) is 1.39. The Hall–Kier alpha value is -1.85. The third-order valence-electron chi connectivity index (χ3n) is 2.82. The van der Waals surface area contributed by atoms with E-state index in [-0.39, 0.29) is 6.61 Å². The Bertz CT molecular complexity index is 480. The van der Waals surface area contributed by atoms with Crippen LogP contribution in [0.2, 0.25) is 0 Å². The summed E-state index contributed by atoms with van der Waals surface area (Å²) in [5.41, 5.74) is 2.07. The lowest BCUT2D eigenvalue weighted by molar-refractivity contribution is 0.145. The molecule has 0 unspecified atom stereocenters. The van der Waals surface area contributed by atoms with Crippen LogP contribution in [0.4, 0.5) is 0 Å².